The molecule has 9 heteroatoms. The fraction of sp³-hybridized carbons (Fsp3) is 0.500. The molecule has 1 aliphatic carbocycles. The van der Waals surface area contributed by atoms with Crippen LogP contribution in [0.3, 0.4) is 0 Å². The number of hydrogen-bond acceptors (Lipinski definition) is 7. The molecule has 0 bridgehead atoms. The number of carbonyl (C=O) groups excluding carboxylic acids is 1. The normalized spacial score (nSPS) is 22.8. The SMILES string of the molecule is CNC1CC(n2c(=O)n(C3COC3)c3ccc(N4CCN(c5ccc(C(C)=O)cc5)CC4)nc32)C1. The number of carbonyl (C=O) groups is 1. The van der Waals surface area contributed by atoms with Gasteiger partial charge in [0.05, 0.1) is 24.8 Å². The number of piperazine rings is 1. The van der Waals surface area contributed by atoms with Crippen molar-refractivity contribution >= 4 is 28.5 Å². The van der Waals surface area contributed by atoms with Crippen molar-refractivity contribution in [3.8, 4) is 0 Å². The first-order chi connectivity index (χ1) is 17.0. The Morgan fingerprint density at radius 3 is 2.23 bits per heavy atom. The number of benzene rings is 1. The number of pyridine rings is 1. The maximum Gasteiger partial charge on any atom is 0.331 e. The second kappa shape index (κ2) is 8.80. The zero-order valence-corrected chi connectivity index (χ0v) is 20.3. The van der Waals surface area contributed by atoms with Gasteiger partial charge in [-0.15, -0.1) is 0 Å². The highest BCUT2D eigenvalue weighted by Gasteiger charge is 2.35. The van der Waals surface area contributed by atoms with Gasteiger partial charge in [0.15, 0.2) is 11.4 Å². The number of nitrogens with zero attached hydrogens (tertiary/aromatic N) is 5. The summed E-state index contributed by atoms with van der Waals surface area (Å²) >= 11 is 0. The van der Waals surface area contributed by atoms with Crippen molar-refractivity contribution in [1.82, 2.24) is 19.4 Å². The summed E-state index contributed by atoms with van der Waals surface area (Å²) in [5.74, 6) is 1.01. The Bertz CT molecular complexity index is 1300. The molecule has 0 atom stereocenters. The number of anilines is 2. The van der Waals surface area contributed by atoms with Crippen LogP contribution in [-0.4, -0.2) is 72.4 Å². The van der Waals surface area contributed by atoms with Crippen molar-refractivity contribution in [3.63, 3.8) is 0 Å². The van der Waals surface area contributed by atoms with Crippen LogP contribution < -0.4 is 20.8 Å². The molecule has 1 aromatic carbocycles. The monoisotopic (exact) mass is 476 g/mol. The Labute approximate surface area is 204 Å². The van der Waals surface area contributed by atoms with Crippen molar-refractivity contribution < 1.29 is 9.53 Å². The number of hydrogen-bond donors (Lipinski definition) is 1. The first kappa shape index (κ1) is 22.3. The van der Waals surface area contributed by atoms with E-state index in [4.69, 9.17) is 9.72 Å². The van der Waals surface area contributed by atoms with Gasteiger partial charge < -0.3 is 19.9 Å². The van der Waals surface area contributed by atoms with Gasteiger partial charge in [-0.2, -0.15) is 0 Å². The van der Waals surface area contributed by atoms with Crippen LogP contribution in [-0.2, 0) is 4.74 Å². The number of ketones is 1. The van der Waals surface area contributed by atoms with Crippen molar-refractivity contribution in [1.29, 1.82) is 0 Å². The fourth-order valence-corrected chi connectivity index (χ4v) is 5.47. The van der Waals surface area contributed by atoms with Crippen molar-refractivity contribution in [2.75, 3.05) is 56.2 Å². The highest BCUT2D eigenvalue weighted by Crippen LogP contribution is 2.35. The van der Waals surface area contributed by atoms with Crippen LogP contribution in [0, 0.1) is 0 Å². The summed E-state index contributed by atoms with van der Waals surface area (Å²) in [7, 11) is 1.98. The highest BCUT2D eigenvalue weighted by atomic mass is 16.5. The molecule has 0 radical (unpaired) electrons. The maximum atomic E-state index is 13.5. The number of ether oxygens (including phenoxy) is 1. The van der Waals surface area contributed by atoms with Crippen LogP contribution >= 0.6 is 0 Å². The summed E-state index contributed by atoms with van der Waals surface area (Å²) in [6.45, 7) is 6.20. The Balaban J connectivity index is 1.25. The maximum absolute atomic E-state index is 13.5. The smallest absolute Gasteiger partial charge is 0.331 e. The lowest BCUT2D eigenvalue weighted by Gasteiger charge is -2.37. The molecule has 2 aliphatic heterocycles. The van der Waals surface area contributed by atoms with Gasteiger partial charge in [-0.3, -0.25) is 13.9 Å². The Kier molecular flexibility index (Phi) is 5.61. The van der Waals surface area contributed by atoms with Gasteiger partial charge in [-0.05, 0) is 63.2 Å². The average Bonchev–Trinajstić information content (AvgIpc) is 3.09. The molecule has 2 saturated heterocycles. The molecule has 1 N–H and O–H groups in total. The van der Waals surface area contributed by atoms with E-state index in [0.29, 0.717) is 19.3 Å². The van der Waals surface area contributed by atoms with E-state index in [1.165, 1.54) is 0 Å². The topological polar surface area (TPSA) is 84.6 Å². The molecular weight excluding hydrogens is 444 g/mol. The van der Waals surface area contributed by atoms with E-state index in [2.05, 4.69) is 27.2 Å². The fourth-order valence-electron chi connectivity index (χ4n) is 5.47. The second-order valence-electron chi connectivity index (χ2n) is 9.91. The summed E-state index contributed by atoms with van der Waals surface area (Å²) in [5.41, 5.74) is 3.61. The number of fused-ring (bicyclic) bond motifs is 1. The van der Waals surface area contributed by atoms with Gasteiger partial charge in [0.25, 0.3) is 0 Å². The van der Waals surface area contributed by atoms with Gasteiger partial charge in [-0.25, -0.2) is 9.78 Å². The molecule has 2 aromatic heterocycles. The molecule has 0 amide bonds. The molecule has 1 saturated carbocycles. The number of nitrogens with one attached hydrogen (secondary N) is 1. The predicted octanol–water partition coefficient (Wildman–Crippen LogP) is 2.22. The molecule has 184 valence electrons. The van der Waals surface area contributed by atoms with E-state index in [0.717, 1.165) is 67.3 Å². The minimum atomic E-state index is 0.0383. The van der Waals surface area contributed by atoms with Crippen LogP contribution in [0.2, 0.25) is 0 Å². The second-order valence-corrected chi connectivity index (χ2v) is 9.91. The number of imidazole rings is 1. The summed E-state index contributed by atoms with van der Waals surface area (Å²) in [6, 6.07) is 12.7. The third-order valence-electron chi connectivity index (χ3n) is 7.85. The zero-order valence-electron chi connectivity index (χ0n) is 20.3. The van der Waals surface area contributed by atoms with Crippen LogP contribution in [0.5, 0.6) is 0 Å². The summed E-state index contributed by atoms with van der Waals surface area (Å²) in [5, 5.41) is 3.32. The van der Waals surface area contributed by atoms with Gasteiger partial charge >= 0.3 is 5.69 Å². The van der Waals surface area contributed by atoms with Crippen molar-refractivity contribution in [2.24, 2.45) is 0 Å². The lowest BCUT2D eigenvalue weighted by atomic mass is 9.87. The van der Waals surface area contributed by atoms with Crippen LogP contribution in [0.15, 0.2) is 41.2 Å². The van der Waals surface area contributed by atoms with Gasteiger partial charge in [0.1, 0.15) is 5.82 Å². The first-order valence-electron chi connectivity index (χ1n) is 12.5. The minimum Gasteiger partial charge on any atom is -0.377 e. The van der Waals surface area contributed by atoms with Crippen molar-refractivity contribution in [3.05, 3.63) is 52.4 Å². The van der Waals surface area contributed by atoms with Crippen LogP contribution in [0.4, 0.5) is 11.5 Å². The van der Waals surface area contributed by atoms with Gasteiger partial charge in [-0.1, -0.05) is 0 Å². The van der Waals surface area contributed by atoms with Crippen LogP contribution in [0.25, 0.3) is 11.2 Å². The van der Waals surface area contributed by atoms with Gasteiger partial charge in [0.2, 0.25) is 0 Å². The molecule has 3 aliphatic rings. The predicted molar refractivity (Wildman–Crippen MR) is 136 cm³/mol. The number of rotatable bonds is 6. The molecule has 9 nitrogen and oxygen atoms in total. The quantitative estimate of drug-likeness (QED) is 0.546. The van der Waals surface area contributed by atoms with E-state index in [1.807, 2.05) is 40.4 Å². The van der Waals surface area contributed by atoms with E-state index >= 15 is 0 Å². The molecule has 4 heterocycles. The standard InChI is InChI=1S/C26H32N6O3/c1-17(33)18-3-5-20(6-4-18)29-9-11-30(12-10-29)24-8-7-23-25(28-24)32(21-13-19(14-21)27-2)26(34)31(23)22-15-35-16-22/h3-8,19,21-22,27H,9-16H2,1-2H3. The molecule has 0 spiro atoms. The Morgan fingerprint density at radius 2 is 1.63 bits per heavy atom. The zero-order chi connectivity index (χ0) is 24.1. The minimum absolute atomic E-state index is 0.0383. The molecule has 35 heavy (non-hydrogen) atoms. The van der Waals surface area contributed by atoms with Gasteiger partial charge in [0, 0.05) is 49.5 Å². The summed E-state index contributed by atoms with van der Waals surface area (Å²) in [6.07, 6.45) is 1.90. The Hall–Kier alpha value is -3.17. The van der Waals surface area contributed by atoms with E-state index in [9.17, 15) is 9.59 Å². The van der Waals surface area contributed by atoms with E-state index in [1.54, 1.807) is 6.92 Å². The average molecular weight is 477 g/mol. The summed E-state index contributed by atoms with van der Waals surface area (Å²) in [4.78, 5) is 34.7. The Morgan fingerprint density at radius 1 is 0.943 bits per heavy atom. The van der Waals surface area contributed by atoms with Crippen LogP contribution in [0.1, 0.15) is 42.2 Å². The summed E-state index contributed by atoms with van der Waals surface area (Å²) < 4.78 is 9.21. The molecule has 3 aromatic rings. The molecule has 0 unspecified atom stereocenters. The van der Waals surface area contributed by atoms with Crippen molar-refractivity contribution in [2.45, 2.75) is 37.9 Å². The first-order valence-corrected chi connectivity index (χ1v) is 12.5. The largest absolute Gasteiger partial charge is 0.377 e. The number of Topliss-reactive ketones (excluding diaryl/α,β-unsaturated/α-hetero) is 1. The lowest BCUT2D eigenvalue weighted by Crippen LogP contribution is -2.47. The third kappa shape index (κ3) is 3.83. The van der Waals surface area contributed by atoms with E-state index in [-0.39, 0.29) is 23.6 Å². The molecule has 3 fully saturated rings. The lowest BCUT2D eigenvalue weighted by molar-refractivity contribution is -0.0234. The third-order valence-corrected chi connectivity index (χ3v) is 7.85. The molecular formula is C26H32N6O3. The number of aromatic nitrogens is 3. The highest BCUT2D eigenvalue weighted by molar-refractivity contribution is 5.94. The molecule has 6 rings (SSSR count). The van der Waals surface area contributed by atoms with E-state index < -0.39 is 0 Å².